The van der Waals surface area contributed by atoms with Crippen LogP contribution in [0.25, 0.3) is 10.6 Å². The number of carboxylic acids is 1. The van der Waals surface area contributed by atoms with E-state index in [0.717, 1.165) is 16.3 Å². The minimum absolute atomic E-state index is 0.0300. The van der Waals surface area contributed by atoms with Crippen molar-refractivity contribution in [1.82, 2.24) is 9.88 Å². The first-order valence-corrected chi connectivity index (χ1v) is 9.18. The van der Waals surface area contributed by atoms with Crippen LogP contribution >= 0.6 is 11.3 Å². The van der Waals surface area contributed by atoms with Gasteiger partial charge in [0.05, 0.1) is 19.3 Å². The molecule has 26 heavy (non-hydrogen) atoms. The van der Waals surface area contributed by atoms with E-state index in [9.17, 15) is 9.59 Å². The Hall–Kier alpha value is -2.45. The maximum Gasteiger partial charge on any atom is 0.334 e. The molecule has 1 atom stereocenters. The molecule has 0 spiro atoms. The fraction of sp³-hybridized carbons (Fsp3) is 0.389. The highest BCUT2D eigenvalue weighted by molar-refractivity contribution is 7.13. The summed E-state index contributed by atoms with van der Waals surface area (Å²) >= 11 is 1.37. The standard InChI is InChI=1S/C18H20N2O5S/c1-11(2)25-13-5-3-12(4-6-13)16-19-14(10-26-16)17(21)20-7-8-24-15(9-20)18(22)23/h3-6,10-11,15H,7-9H2,1-2H3,(H,22,23). The molecule has 2 heterocycles. The molecular weight excluding hydrogens is 356 g/mol. The molecule has 1 N–H and O–H groups in total. The molecule has 2 aromatic rings. The van der Waals surface area contributed by atoms with Crippen LogP contribution in [-0.2, 0) is 9.53 Å². The molecule has 3 rings (SSSR count). The fourth-order valence-electron chi connectivity index (χ4n) is 2.60. The second kappa shape index (κ2) is 7.84. The summed E-state index contributed by atoms with van der Waals surface area (Å²) in [6, 6.07) is 7.55. The van der Waals surface area contributed by atoms with Gasteiger partial charge in [-0.15, -0.1) is 11.3 Å². The van der Waals surface area contributed by atoms with Gasteiger partial charge in [-0.3, -0.25) is 4.79 Å². The van der Waals surface area contributed by atoms with Crippen molar-refractivity contribution in [2.24, 2.45) is 0 Å². The maximum atomic E-state index is 12.6. The molecule has 7 nitrogen and oxygen atoms in total. The predicted octanol–water partition coefficient (Wildman–Crippen LogP) is 2.52. The second-order valence-corrected chi connectivity index (χ2v) is 7.04. The van der Waals surface area contributed by atoms with Gasteiger partial charge in [-0.1, -0.05) is 0 Å². The normalized spacial score (nSPS) is 17.3. The number of carbonyl (C=O) groups is 2. The number of ether oxygens (including phenoxy) is 2. The average molecular weight is 376 g/mol. The molecule has 1 aromatic carbocycles. The van der Waals surface area contributed by atoms with Crippen molar-refractivity contribution in [3.05, 3.63) is 35.3 Å². The summed E-state index contributed by atoms with van der Waals surface area (Å²) in [5.41, 5.74) is 1.22. The van der Waals surface area contributed by atoms with Crippen molar-refractivity contribution >= 4 is 23.2 Å². The van der Waals surface area contributed by atoms with Crippen molar-refractivity contribution < 1.29 is 24.2 Å². The first kappa shape index (κ1) is 18.3. The van der Waals surface area contributed by atoms with Crippen LogP contribution in [-0.4, -0.2) is 58.8 Å². The van der Waals surface area contributed by atoms with Crippen molar-refractivity contribution in [3.63, 3.8) is 0 Å². The summed E-state index contributed by atoms with van der Waals surface area (Å²) in [7, 11) is 0. The Morgan fingerprint density at radius 2 is 2.08 bits per heavy atom. The summed E-state index contributed by atoms with van der Waals surface area (Å²) < 4.78 is 10.8. The summed E-state index contributed by atoms with van der Waals surface area (Å²) in [5, 5.41) is 11.5. The third-order valence-electron chi connectivity index (χ3n) is 3.83. The van der Waals surface area contributed by atoms with Gasteiger partial charge in [0.2, 0.25) is 0 Å². The minimum Gasteiger partial charge on any atom is -0.491 e. The molecule has 1 aromatic heterocycles. The zero-order valence-corrected chi connectivity index (χ0v) is 15.4. The molecule has 138 valence electrons. The average Bonchev–Trinajstić information content (AvgIpc) is 3.11. The lowest BCUT2D eigenvalue weighted by atomic mass is 10.2. The number of carboxylic acid groups (broad SMARTS) is 1. The van der Waals surface area contributed by atoms with Crippen molar-refractivity contribution in [1.29, 1.82) is 0 Å². The largest absolute Gasteiger partial charge is 0.491 e. The highest BCUT2D eigenvalue weighted by Gasteiger charge is 2.30. The fourth-order valence-corrected chi connectivity index (χ4v) is 3.40. The Labute approximate surface area is 155 Å². The number of aromatic nitrogens is 1. The van der Waals surface area contributed by atoms with Crippen LogP contribution < -0.4 is 4.74 Å². The van der Waals surface area contributed by atoms with E-state index in [1.165, 1.54) is 16.2 Å². The highest BCUT2D eigenvalue weighted by Crippen LogP contribution is 2.26. The predicted molar refractivity (Wildman–Crippen MR) is 96.6 cm³/mol. The molecule has 8 heteroatoms. The van der Waals surface area contributed by atoms with Gasteiger partial charge in [0.15, 0.2) is 6.10 Å². The third kappa shape index (κ3) is 4.20. The van der Waals surface area contributed by atoms with E-state index in [-0.39, 0.29) is 25.2 Å². The van der Waals surface area contributed by atoms with Crippen LogP contribution in [0.15, 0.2) is 29.6 Å². The van der Waals surface area contributed by atoms with Crippen LogP contribution in [0.1, 0.15) is 24.3 Å². The zero-order valence-electron chi connectivity index (χ0n) is 14.5. The van der Waals surface area contributed by atoms with Gasteiger partial charge in [-0.25, -0.2) is 9.78 Å². The van der Waals surface area contributed by atoms with Crippen LogP contribution in [0.4, 0.5) is 0 Å². The number of carbonyl (C=O) groups excluding carboxylic acids is 1. The molecule has 1 unspecified atom stereocenters. The molecule has 0 saturated carbocycles. The summed E-state index contributed by atoms with van der Waals surface area (Å²) in [6.45, 7) is 4.52. The van der Waals surface area contributed by atoms with Crippen LogP contribution in [0.2, 0.25) is 0 Å². The second-order valence-electron chi connectivity index (χ2n) is 6.18. The first-order chi connectivity index (χ1) is 12.4. The molecule has 1 amide bonds. The van der Waals surface area contributed by atoms with Gasteiger partial charge >= 0.3 is 5.97 Å². The summed E-state index contributed by atoms with van der Waals surface area (Å²) in [5.74, 6) is -0.559. The topological polar surface area (TPSA) is 89.0 Å². The Balaban J connectivity index is 1.71. The summed E-state index contributed by atoms with van der Waals surface area (Å²) in [4.78, 5) is 29.5. The number of morpholine rings is 1. The van der Waals surface area contributed by atoms with Crippen molar-refractivity contribution in [3.8, 4) is 16.3 Å². The highest BCUT2D eigenvalue weighted by atomic mass is 32.1. The van der Waals surface area contributed by atoms with E-state index in [2.05, 4.69) is 4.98 Å². The van der Waals surface area contributed by atoms with E-state index in [4.69, 9.17) is 14.6 Å². The number of rotatable bonds is 5. The molecule has 1 fully saturated rings. The minimum atomic E-state index is -1.06. The van der Waals surface area contributed by atoms with Gasteiger partial charge in [0.25, 0.3) is 5.91 Å². The van der Waals surface area contributed by atoms with Gasteiger partial charge < -0.3 is 19.5 Å². The number of hydrogen-bond donors (Lipinski definition) is 1. The number of aliphatic carboxylic acids is 1. The SMILES string of the molecule is CC(C)Oc1ccc(-c2nc(C(=O)N3CCOC(C(=O)O)C3)cs2)cc1. The Bertz CT molecular complexity index is 787. The van der Waals surface area contributed by atoms with Crippen LogP contribution in [0.3, 0.4) is 0 Å². The quantitative estimate of drug-likeness (QED) is 0.863. The molecule has 1 aliphatic heterocycles. The van der Waals surface area contributed by atoms with Crippen molar-refractivity contribution in [2.75, 3.05) is 19.7 Å². The van der Waals surface area contributed by atoms with E-state index in [1.807, 2.05) is 38.1 Å². The molecular formula is C18H20N2O5S. The lowest BCUT2D eigenvalue weighted by Crippen LogP contribution is -2.48. The van der Waals surface area contributed by atoms with E-state index < -0.39 is 12.1 Å². The van der Waals surface area contributed by atoms with Crippen molar-refractivity contribution in [2.45, 2.75) is 26.1 Å². The molecule has 0 bridgehead atoms. The van der Waals surface area contributed by atoms with Gasteiger partial charge in [0.1, 0.15) is 16.5 Å². The summed E-state index contributed by atoms with van der Waals surface area (Å²) in [6.07, 6.45) is -0.882. The maximum absolute atomic E-state index is 12.6. The third-order valence-corrected chi connectivity index (χ3v) is 4.72. The number of nitrogens with zero attached hydrogens (tertiary/aromatic N) is 2. The lowest BCUT2D eigenvalue weighted by molar-refractivity contribution is -0.154. The molecule has 1 aliphatic rings. The van der Waals surface area contributed by atoms with E-state index in [1.54, 1.807) is 5.38 Å². The number of amides is 1. The first-order valence-electron chi connectivity index (χ1n) is 8.30. The van der Waals surface area contributed by atoms with Gasteiger partial charge in [0, 0.05) is 17.5 Å². The Morgan fingerprint density at radius 1 is 1.35 bits per heavy atom. The smallest absolute Gasteiger partial charge is 0.334 e. The molecule has 1 saturated heterocycles. The number of hydrogen-bond acceptors (Lipinski definition) is 6. The molecule has 0 radical (unpaired) electrons. The molecule has 0 aliphatic carbocycles. The van der Waals surface area contributed by atoms with E-state index in [0.29, 0.717) is 12.2 Å². The zero-order chi connectivity index (χ0) is 18.7. The van der Waals surface area contributed by atoms with E-state index >= 15 is 0 Å². The van der Waals surface area contributed by atoms with Crippen LogP contribution in [0.5, 0.6) is 5.75 Å². The monoisotopic (exact) mass is 376 g/mol. The van der Waals surface area contributed by atoms with Gasteiger partial charge in [-0.05, 0) is 38.1 Å². The number of thiazole rings is 1. The van der Waals surface area contributed by atoms with Crippen LogP contribution in [0, 0.1) is 0 Å². The number of benzene rings is 1. The lowest BCUT2D eigenvalue weighted by Gasteiger charge is -2.30. The Kier molecular flexibility index (Phi) is 5.53. The Morgan fingerprint density at radius 3 is 2.73 bits per heavy atom. The van der Waals surface area contributed by atoms with Gasteiger partial charge in [-0.2, -0.15) is 0 Å².